The Morgan fingerprint density at radius 3 is 2.69 bits per heavy atom. The smallest absolute Gasteiger partial charge is 0.332 e. The Balaban J connectivity index is 1.72. The maximum atomic E-state index is 13.8. The van der Waals surface area contributed by atoms with Crippen molar-refractivity contribution in [3.05, 3.63) is 62.6 Å². The van der Waals surface area contributed by atoms with Gasteiger partial charge in [0.15, 0.2) is 11.2 Å². The highest BCUT2D eigenvalue weighted by atomic mass is 16.2. The predicted octanol–water partition coefficient (Wildman–Crippen LogP) is 1.32. The molecule has 0 spiro atoms. The fourth-order valence-electron chi connectivity index (χ4n) is 4.86. The van der Waals surface area contributed by atoms with E-state index in [1.54, 1.807) is 18.5 Å². The van der Waals surface area contributed by atoms with Crippen LogP contribution < -0.4 is 21.9 Å². The first-order valence-electron chi connectivity index (χ1n) is 11.8. The van der Waals surface area contributed by atoms with Crippen molar-refractivity contribution in [2.75, 3.05) is 18.0 Å². The third-order valence-electron chi connectivity index (χ3n) is 6.67. The number of nitriles is 1. The molecular formula is C26H26N8O2. The molecule has 10 nitrogen and oxygen atoms in total. The number of nitrogens with two attached hydrogens (primary N) is 1. The molecule has 1 aromatic carbocycles. The monoisotopic (exact) mass is 482 g/mol. The Kier molecular flexibility index (Phi) is 6.05. The summed E-state index contributed by atoms with van der Waals surface area (Å²) in [5.41, 5.74) is 6.86. The number of hydrogen-bond donors (Lipinski definition) is 1. The second-order valence-electron chi connectivity index (χ2n) is 8.95. The quantitative estimate of drug-likeness (QED) is 0.435. The zero-order valence-corrected chi connectivity index (χ0v) is 20.2. The minimum absolute atomic E-state index is 0.0143. The van der Waals surface area contributed by atoms with Crippen molar-refractivity contribution in [1.29, 1.82) is 5.26 Å². The van der Waals surface area contributed by atoms with E-state index in [9.17, 15) is 14.9 Å². The maximum absolute atomic E-state index is 13.8. The van der Waals surface area contributed by atoms with E-state index < -0.39 is 11.2 Å². The van der Waals surface area contributed by atoms with E-state index in [2.05, 4.69) is 27.8 Å². The lowest BCUT2D eigenvalue weighted by atomic mass is 10.1. The van der Waals surface area contributed by atoms with Crippen LogP contribution in [0.1, 0.15) is 31.0 Å². The van der Waals surface area contributed by atoms with Gasteiger partial charge in [0.05, 0.1) is 24.3 Å². The SMILES string of the molecule is CC#CCn1c(N2CCC[C@@H](N)C2)nc2c1c(=O)n(Cc1ncc(C#N)c3ccccc13)c(=O)n2C. The van der Waals surface area contributed by atoms with Gasteiger partial charge in [0.1, 0.15) is 6.07 Å². The summed E-state index contributed by atoms with van der Waals surface area (Å²) in [5, 5.41) is 10.9. The van der Waals surface area contributed by atoms with Crippen LogP contribution in [0.25, 0.3) is 21.9 Å². The lowest BCUT2D eigenvalue weighted by Crippen LogP contribution is -2.44. The lowest BCUT2D eigenvalue weighted by Gasteiger charge is -2.31. The Morgan fingerprint density at radius 2 is 1.97 bits per heavy atom. The van der Waals surface area contributed by atoms with Crippen LogP contribution in [-0.4, -0.2) is 42.8 Å². The molecule has 0 aliphatic carbocycles. The summed E-state index contributed by atoms with van der Waals surface area (Å²) in [6.45, 7) is 3.35. The first-order chi connectivity index (χ1) is 17.4. The molecule has 5 rings (SSSR count). The van der Waals surface area contributed by atoms with Gasteiger partial charge in [-0.25, -0.2) is 4.79 Å². The van der Waals surface area contributed by atoms with E-state index in [-0.39, 0.29) is 19.1 Å². The zero-order chi connectivity index (χ0) is 25.4. The molecule has 4 heterocycles. The summed E-state index contributed by atoms with van der Waals surface area (Å²) < 4.78 is 4.35. The molecule has 0 radical (unpaired) electrons. The van der Waals surface area contributed by atoms with Gasteiger partial charge in [-0.3, -0.25) is 23.5 Å². The molecule has 3 aromatic heterocycles. The van der Waals surface area contributed by atoms with Crippen LogP contribution in [0, 0.1) is 23.2 Å². The van der Waals surface area contributed by atoms with Gasteiger partial charge in [-0.05, 0) is 19.8 Å². The lowest BCUT2D eigenvalue weighted by molar-refractivity contribution is 0.496. The van der Waals surface area contributed by atoms with E-state index in [1.807, 2.05) is 24.3 Å². The molecule has 1 fully saturated rings. The largest absolute Gasteiger partial charge is 0.341 e. The molecule has 0 unspecified atom stereocenters. The Morgan fingerprint density at radius 1 is 1.19 bits per heavy atom. The van der Waals surface area contributed by atoms with Crippen molar-refractivity contribution < 1.29 is 0 Å². The molecular weight excluding hydrogens is 456 g/mol. The molecule has 1 aliphatic heterocycles. The number of rotatable bonds is 4. The number of nitrogens with zero attached hydrogens (tertiary/aromatic N) is 7. The molecule has 0 amide bonds. The predicted molar refractivity (Wildman–Crippen MR) is 138 cm³/mol. The highest BCUT2D eigenvalue weighted by molar-refractivity contribution is 5.89. The van der Waals surface area contributed by atoms with Crippen LogP contribution in [0.4, 0.5) is 5.95 Å². The molecule has 2 N–H and O–H groups in total. The number of fused-ring (bicyclic) bond motifs is 2. The van der Waals surface area contributed by atoms with Gasteiger partial charge >= 0.3 is 5.69 Å². The first-order valence-corrected chi connectivity index (χ1v) is 11.8. The average molecular weight is 483 g/mol. The van der Waals surface area contributed by atoms with E-state index in [1.165, 1.54) is 15.3 Å². The number of anilines is 1. The molecule has 36 heavy (non-hydrogen) atoms. The third-order valence-corrected chi connectivity index (χ3v) is 6.67. The minimum Gasteiger partial charge on any atom is -0.341 e. The summed E-state index contributed by atoms with van der Waals surface area (Å²) >= 11 is 0. The van der Waals surface area contributed by atoms with Gasteiger partial charge in [0, 0.05) is 43.1 Å². The fourth-order valence-corrected chi connectivity index (χ4v) is 4.86. The molecule has 0 bridgehead atoms. The van der Waals surface area contributed by atoms with Gasteiger partial charge in [0.25, 0.3) is 5.56 Å². The Hall–Kier alpha value is -4.41. The van der Waals surface area contributed by atoms with Gasteiger partial charge in [-0.15, -0.1) is 5.92 Å². The van der Waals surface area contributed by atoms with Gasteiger partial charge in [-0.1, -0.05) is 30.2 Å². The fraction of sp³-hybridized carbons (Fsp3) is 0.346. The van der Waals surface area contributed by atoms with E-state index in [0.29, 0.717) is 34.9 Å². The number of hydrogen-bond acceptors (Lipinski definition) is 7. The van der Waals surface area contributed by atoms with Crippen LogP contribution in [0.5, 0.6) is 0 Å². The van der Waals surface area contributed by atoms with Crippen molar-refractivity contribution in [3.8, 4) is 17.9 Å². The van der Waals surface area contributed by atoms with E-state index >= 15 is 0 Å². The molecule has 0 saturated carbocycles. The normalized spacial score (nSPS) is 15.6. The summed E-state index contributed by atoms with van der Waals surface area (Å²) in [5.74, 6) is 6.51. The van der Waals surface area contributed by atoms with Crippen LogP contribution in [0.3, 0.4) is 0 Å². The molecule has 1 atom stereocenters. The Bertz CT molecular complexity index is 1710. The van der Waals surface area contributed by atoms with Crippen molar-refractivity contribution in [2.24, 2.45) is 12.8 Å². The van der Waals surface area contributed by atoms with Crippen molar-refractivity contribution in [2.45, 2.75) is 38.9 Å². The van der Waals surface area contributed by atoms with Crippen molar-refractivity contribution in [3.63, 3.8) is 0 Å². The summed E-state index contributed by atoms with van der Waals surface area (Å²) in [6, 6.07) is 9.51. The summed E-state index contributed by atoms with van der Waals surface area (Å²) in [6.07, 6.45) is 3.33. The Labute approximate surface area is 207 Å². The summed E-state index contributed by atoms with van der Waals surface area (Å²) in [4.78, 5) is 38.4. The van der Waals surface area contributed by atoms with Crippen molar-refractivity contribution >= 4 is 27.9 Å². The van der Waals surface area contributed by atoms with Crippen LogP contribution in [0.15, 0.2) is 40.1 Å². The van der Waals surface area contributed by atoms with E-state index in [0.717, 1.165) is 30.2 Å². The highest BCUT2D eigenvalue weighted by Gasteiger charge is 2.26. The number of aromatic nitrogens is 5. The average Bonchev–Trinajstić information content (AvgIpc) is 3.28. The number of pyridine rings is 1. The van der Waals surface area contributed by atoms with Crippen LogP contribution in [-0.2, 0) is 20.1 Å². The topological polar surface area (TPSA) is 128 Å². The van der Waals surface area contributed by atoms with Gasteiger partial charge in [-0.2, -0.15) is 10.2 Å². The minimum atomic E-state index is -0.490. The van der Waals surface area contributed by atoms with Gasteiger partial charge in [0.2, 0.25) is 5.95 Å². The molecule has 10 heteroatoms. The first kappa shape index (κ1) is 23.3. The molecule has 4 aromatic rings. The zero-order valence-electron chi connectivity index (χ0n) is 20.2. The van der Waals surface area contributed by atoms with Crippen LogP contribution >= 0.6 is 0 Å². The summed E-state index contributed by atoms with van der Waals surface area (Å²) in [7, 11) is 1.61. The highest BCUT2D eigenvalue weighted by Crippen LogP contribution is 2.24. The number of piperidine rings is 1. The molecule has 1 saturated heterocycles. The van der Waals surface area contributed by atoms with Crippen molar-refractivity contribution in [1.82, 2.24) is 23.7 Å². The molecule has 182 valence electrons. The van der Waals surface area contributed by atoms with Gasteiger partial charge < -0.3 is 10.6 Å². The number of aryl methyl sites for hydroxylation is 1. The number of benzene rings is 1. The van der Waals surface area contributed by atoms with Crippen LogP contribution in [0.2, 0.25) is 0 Å². The second-order valence-corrected chi connectivity index (χ2v) is 8.95. The standard InChI is InChI=1S/C26H26N8O2/c1-3-4-12-33-22-23(30-25(33)32-11-7-8-18(28)15-32)31(2)26(36)34(24(22)35)16-21-20-10-6-5-9-19(20)17(13-27)14-29-21/h5-6,9-10,14,18H,7-8,11-12,15-16,28H2,1-2H3/t18-/m1/s1. The maximum Gasteiger partial charge on any atom is 0.332 e. The molecule has 1 aliphatic rings. The second kappa shape index (κ2) is 9.33. The number of imidazole rings is 1. The third kappa shape index (κ3) is 3.82. The van der Waals surface area contributed by atoms with E-state index in [4.69, 9.17) is 10.7 Å².